The Morgan fingerprint density at radius 3 is 2.26 bits per heavy atom. The fraction of sp³-hybridized carbons (Fsp3) is 0.259. The molecule has 0 aliphatic carbocycles. The summed E-state index contributed by atoms with van der Waals surface area (Å²) in [5.74, 6) is -1.62. The van der Waals surface area contributed by atoms with Crippen molar-refractivity contribution in [2.45, 2.75) is 37.8 Å². The summed E-state index contributed by atoms with van der Waals surface area (Å²) in [6.07, 6.45) is 0.702. The Bertz CT molecular complexity index is 1370. The van der Waals surface area contributed by atoms with E-state index in [1.54, 1.807) is 49.4 Å². The summed E-state index contributed by atoms with van der Waals surface area (Å²) >= 11 is 12.4. The fourth-order valence-corrected chi connectivity index (χ4v) is 5.55. The number of benzene rings is 3. The zero-order valence-corrected chi connectivity index (χ0v) is 23.2. The van der Waals surface area contributed by atoms with E-state index in [0.717, 1.165) is 28.6 Å². The van der Waals surface area contributed by atoms with Gasteiger partial charge in [-0.2, -0.15) is 0 Å². The number of nitrogens with zero attached hydrogens (tertiary/aromatic N) is 2. The van der Waals surface area contributed by atoms with Gasteiger partial charge >= 0.3 is 0 Å². The van der Waals surface area contributed by atoms with Gasteiger partial charge in [-0.1, -0.05) is 54.4 Å². The molecular formula is C27H28Cl2FN3O4S. The highest BCUT2D eigenvalue weighted by atomic mass is 35.5. The van der Waals surface area contributed by atoms with Crippen LogP contribution in [0, 0.1) is 5.82 Å². The highest BCUT2D eigenvalue weighted by molar-refractivity contribution is 7.92. The zero-order chi connectivity index (χ0) is 27.9. The quantitative estimate of drug-likeness (QED) is 0.335. The summed E-state index contributed by atoms with van der Waals surface area (Å²) in [6, 6.07) is 16.3. The second kappa shape index (κ2) is 13.1. The summed E-state index contributed by atoms with van der Waals surface area (Å²) in [7, 11) is -4.27. The molecule has 0 fully saturated rings. The average molecular weight is 581 g/mol. The lowest BCUT2D eigenvalue weighted by Gasteiger charge is -2.32. The predicted octanol–water partition coefficient (Wildman–Crippen LogP) is 5.27. The Morgan fingerprint density at radius 2 is 1.66 bits per heavy atom. The van der Waals surface area contributed by atoms with Crippen LogP contribution in [0.15, 0.2) is 77.7 Å². The molecule has 1 N–H and O–H groups in total. The number of hydrogen-bond acceptors (Lipinski definition) is 4. The molecule has 3 aromatic carbocycles. The van der Waals surface area contributed by atoms with Crippen molar-refractivity contribution >= 4 is 50.7 Å². The fourth-order valence-electron chi connectivity index (χ4n) is 3.67. The van der Waals surface area contributed by atoms with Crippen LogP contribution in [0.5, 0.6) is 0 Å². The lowest BCUT2D eigenvalue weighted by atomic mass is 10.1. The third-order valence-electron chi connectivity index (χ3n) is 5.80. The first-order chi connectivity index (χ1) is 18.0. The minimum absolute atomic E-state index is 0.0607. The number of sulfonamides is 1. The van der Waals surface area contributed by atoms with Crippen LogP contribution in [-0.2, 0) is 26.2 Å². The van der Waals surface area contributed by atoms with Crippen LogP contribution in [0.1, 0.15) is 25.8 Å². The standard InChI is InChI=1S/C27H28Cl2FN3O4S/c1-3-15-31-27(35)19(2)32(17-20-9-10-21(28)16-25(20)29)26(34)18-33(23-7-5-4-6-8-23)38(36,37)24-13-11-22(30)12-14-24/h4-14,16,19H,3,15,17-18H2,1-2H3,(H,31,35). The van der Waals surface area contributed by atoms with Gasteiger partial charge in [-0.25, -0.2) is 12.8 Å². The molecule has 0 aliphatic rings. The van der Waals surface area contributed by atoms with E-state index in [-0.39, 0.29) is 17.1 Å². The molecule has 202 valence electrons. The van der Waals surface area contributed by atoms with Crippen LogP contribution < -0.4 is 9.62 Å². The molecule has 1 atom stereocenters. The average Bonchev–Trinajstić information content (AvgIpc) is 2.90. The summed E-state index contributed by atoms with van der Waals surface area (Å²) in [4.78, 5) is 27.7. The Morgan fingerprint density at radius 1 is 1.00 bits per heavy atom. The molecule has 0 spiro atoms. The topological polar surface area (TPSA) is 86.8 Å². The Kier molecular flexibility index (Phi) is 10.1. The molecule has 0 aromatic heterocycles. The smallest absolute Gasteiger partial charge is 0.264 e. The molecule has 0 radical (unpaired) electrons. The molecule has 3 rings (SSSR count). The van der Waals surface area contributed by atoms with Gasteiger partial charge in [-0.05, 0) is 67.4 Å². The normalized spacial score (nSPS) is 12.0. The van der Waals surface area contributed by atoms with Gasteiger partial charge in [0.25, 0.3) is 10.0 Å². The van der Waals surface area contributed by atoms with Gasteiger partial charge in [-0.15, -0.1) is 0 Å². The molecule has 3 aromatic rings. The van der Waals surface area contributed by atoms with Gasteiger partial charge in [0.15, 0.2) is 0 Å². The number of hydrogen-bond donors (Lipinski definition) is 1. The summed E-state index contributed by atoms with van der Waals surface area (Å²) in [6.45, 7) is 3.21. The molecule has 0 saturated heterocycles. The van der Waals surface area contributed by atoms with E-state index in [1.165, 1.54) is 11.0 Å². The Labute approximate surface area is 232 Å². The number of para-hydroxylation sites is 1. The van der Waals surface area contributed by atoms with Crippen LogP contribution in [0.25, 0.3) is 0 Å². The SMILES string of the molecule is CCCNC(=O)C(C)N(Cc1ccc(Cl)cc1Cl)C(=O)CN(c1ccccc1)S(=O)(=O)c1ccc(F)cc1. The van der Waals surface area contributed by atoms with Gasteiger partial charge in [0, 0.05) is 23.1 Å². The first-order valence-electron chi connectivity index (χ1n) is 11.9. The lowest BCUT2D eigenvalue weighted by Crippen LogP contribution is -2.51. The maximum absolute atomic E-state index is 13.8. The summed E-state index contributed by atoms with van der Waals surface area (Å²) in [5, 5.41) is 3.48. The monoisotopic (exact) mass is 579 g/mol. The molecule has 2 amide bonds. The third-order valence-corrected chi connectivity index (χ3v) is 8.17. The van der Waals surface area contributed by atoms with Gasteiger partial charge in [0.1, 0.15) is 18.4 Å². The van der Waals surface area contributed by atoms with E-state index in [1.807, 2.05) is 6.92 Å². The number of carbonyl (C=O) groups excluding carboxylic acids is 2. The van der Waals surface area contributed by atoms with Crippen LogP contribution in [0.3, 0.4) is 0 Å². The molecule has 11 heteroatoms. The number of halogens is 3. The van der Waals surface area contributed by atoms with E-state index in [4.69, 9.17) is 23.2 Å². The van der Waals surface area contributed by atoms with E-state index in [9.17, 15) is 22.4 Å². The van der Waals surface area contributed by atoms with Crippen molar-refractivity contribution in [3.8, 4) is 0 Å². The van der Waals surface area contributed by atoms with E-state index in [0.29, 0.717) is 28.6 Å². The summed E-state index contributed by atoms with van der Waals surface area (Å²) in [5.41, 5.74) is 0.768. The lowest BCUT2D eigenvalue weighted by molar-refractivity contribution is -0.139. The Balaban J connectivity index is 2.01. The third kappa shape index (κ3) is 7.24. The van der Waals surface area contributed by atoms with Crippen molar-refractivity contribution in [2.24, 2.45) is 0 Å². The van der Waals surface area contributed by atoms with Crippen molar-refractivity contribution in [2.75, 3.05) is 17.4 Å². The minimum atomic E-state index is -4.27. The van der Waals surface area contributed by atoms with Gasteiger partial charge < -0.3 is 10.2 Å². The maximum Gasteiger partial charge on any atom is 0.264 e. The minimum Gasteiger partial charge on any atom is -0.354 e. The second-order valence-electron chi connectivity index (χ2n) is 8.53. The second-order valence-corrected chi connectivity index (χ2v) is 11.2. The molecule has 0 aliphatic heterocycles. The first kappa shape index (κ1) is 29.4. The van der Waals surface area contributed by atoms with Crippen molar-refractivity contribution in [3.05, 3.63) is 94.2 Å². The number of nitrogens with one attached hydrogen (secondary N) is 1. The molecule has 0 heterocycles. The number of rotatable bonds is 11. The predicted molar refractivity (Wildman–Crippen MR) is 147 cm³/mol. The Hall–Kier alpha value is -3.14. The number of amides is 2. The molecular weight excluding hydrogens is 552 g/mol. The highest BCUT2D eigenvalue weighted by Gasteiger charge is 2.32. The first-order valence-corrected chi connectivity index (χ1v) is 14.1. The van der Waals surface area contributed by atoms with E-state index >= 15 is 0 Å². The summed E-state index contributed by atoms with van der Waals surface area (Å²) < 4.78 is 41.7. The van der Waals surface area contributed by atoms with Gasteiger partial charge in [0.2, 0.25) is 11.8 Å². The molecule has 0 saturated carbocycles. The van der Waals surface area contributed by atoms with Crippen LogP contribution in [0.4, 0.5) is 10.1 Å². The largest absolute Gasteiger partial charge is 0.354 e. The maximum atomic E-state index is 13.8. The van der Waals surface area contributed by atoms with E-state index < -0.39 is 40.2 Å². The van der Waals surface area contributed by atoms with Crippen molar-refractivity contribution in [1.82, 2.24) is 10.2 Å². The molecule has 0 bridgehead atoms. The van der Waals surface area contributed by atoms with Crippen molar-refractivity contribution < 1.29 is 22.4 Å². The highest BCUT2D eigenvalue weighted by Crippen LogP contribution is 2.26. The van der Waals surface area contributed by atoms with Gasteiger partial charge in [-0.3, -0.25) is 13.9 Å². The van der Waals surface area contributed by atoms with E-state index in [2.05, 4.69) is 5.32 Å². The van der Waals surface area contributed by atoms with Crippen LogP contribution >= 0.6 is 23.2 Å². The van der Waals surface area contributed by atoms with Crippen molar-refractivity contribution in [1.29, 1.82) is 0 Å². The molecule has 7 nitrogen and oxygen atoms in total. The van der Waals surface area contributed by atoms with Crippen molar-refractivity contribution in [3.63, 3.8) is 0 Å². The number of carbonyl (C=O) groups is 2. The van der Waals surface area contributed by atoms with Gasteiger partial charge in [0.05, 0.1) is 10.6 Å². The molecule has 1 unspecified atom stereocenters. The molecule has 38 heavy (non-hydrogen) atoms. The van der Waals surface area contributed by atoms with Crippen LogP contribution in [-0.4, -0.2) is 44.3 Å². The zero-order valence-electron chi connectivity index (χ0n) is 20.9. The number of anilines is 1. The van der Waals surface area contributed by atoms with Crippen LogP contribution in [0.2, 0.25) is 10.0 Å².